The van der Waals surface area contributed by atoms with E-state index in [0.717, 1.165) is 30.3 Å². The summed E-state index contributed by atoms with van der Waals surface area (Å²) in [5.74, 6) is 1.75. The fourth-order valence-corrected chi connectivity index (χ4v) is 5.38. The van der Waals surface area contributed by atoms with Crippen molar-refractivity contribution in [2.75, 3.05) is 17.2 Å². The Bertz CT molecular complexity index is 1160. The lowest BCUT2D eigenvalue weighted by molar-refractivity contribution is 0.0369. The van der Waals surface area contributed by atoms with Gasteiger partial charge in [-0.2, -0.15) is 15.3 Å². The molecule has 2 fully saturated rings. The van der Waals surface area contributed by atoms with E-state index < -0.39 is 0 Å². The van der Waals surface area contributed by atoms with Gasteiger partial charge in [0.25, 0.3) is 0 Å². The number of halogens is 1. The van der Waals surface area contributed by atoms with Crippen LogP contribution >= 0.6 is 11.6 Å². The summed E-state index contributed by atoms with van der Waals surface area (Å²) < 4.78 is 0. The summed E-state index contributed by atoms with van der Waals surface area (Å²) in [6.45, 7) is 0.744. The maximum absolute atomic E-state index is 9.31. The van der Waals surface area contributed by atoms with Crippen LogP contribution in [-0.2, 0) is 6.61 Å². The van der Waals surface area contributed by atoms with Gasteiger partial charge in [0.05, 0.1) is 23.9 Å². The van der Waals surface area contributed by atoms with Crippen LogP contribution in [0.3, 0.4) is 0 Å². The maximum atomic E-state index is 9.31. The molecule has 1 unspecified atom stereocenters. The first kappa shape index (κ1) is 21.9. The first-order chi connectivity index (χ1) is 16.1. The van der Waals surface area contributed by atoms with Gasteiger partial charge in [0.1, 0.15) is 5.82 Å². The summed E-state index contributed by atoms with van der Waals surface area (Å²) in [6.07, 6.45) is 6.21. The molecule has 0 amide bonds. The lowest BCUT2D eigenvalue weighted by Gasteiger charge is -2.48. The van der Waals surface area contributed by atoms with Gasteiger partial charge in [0, 0.05) is 47.6 Å². The molecule has 2 saturated heterocycles. The lowest BCUT2D eigenvalue weighted by atomic mass is 9.81. The highest BCUT2D eigenvalue weighted by Gasteiger charge is 2.38. The molecular weight excluding hydrogens is 440 g/mol. The number of aromatic nitrogens is 4. The highest BCUT2D eigenvalue weighted by molar-refractivity contribution is 6.31. The summed E-state index contributed by atoms with van der Waals surface area (Å²) in [7, 11) is 0. The van der Waals surface area contributed by atoms with E-state index in [1.165, 1.54) is 19.3 Å². The van der Waals surface area contributed by atoms with Crippen LogP contribution in [0, 0.1) is 11.3 Å². The van der Waals surface area contributed by atoms with Gasteiger partial charge < -0.3 is 15.7 Å². The van der Waals surface area contributed by atoms with Crippen LogP contribution < -0.4 is 10.6 Å². The van der Waals surface area contributed by atoms with Crippen molar-refractivity contribution >= 4 is 40.1 Å². The van der Waals surface area contributed by atoms with Gasteiger partial charge in [0.2, 0.25) is 5.95 Å². The number of aromatic amines is 1. The van der Waals surface area contributed by atoms with Crippen molar-refractivity contribution in [2.24, 2.45) is 0 Å². The first-order valence-corrected chi connectivity index (χ1v) is 11.8. The van der Waals surface area contributed by atoms with Gasteiger partial charge in [-0.3, -0.25) is 10.00 Å². The van der Waals surface area contributed by atoms with E-state index in [1.54, 1.807) is 6.07 Å². The van der Waals surface area contributed by atoms with E-state index in [9.17, 15) is 5.11 Å². The smallest absolute Gasteiger partial charge is 0.225 e. The Morgan fingerprint density at radius 2 is 2.03 bits per heavy atom. The number of hydrogen-bond acceptors (Lipinski definition) is 8. The zero-order chi connectivity index (χ0) is 22.8. The SMILES string of the molecule is N#CCCN1[C@@H]2CCC[C@H]1CC(Nc1nc(Nc3cc(CO)[nH]n3)c3ccc(Cl)cc3n1)C2. The van der Waals surface area contributed by atoms with E-state index in [4.69, 9.17) is 26.8 Å². The molecule has 2 aliphatic rings. The summed E-state index contributed by atoms with van der Waals surface area (Å²) >= 11 is 6.25. The fourth-order valence-electron chi connectivity index (χ4n) is 5.21. The average molecular weight is 467 g/mol. The zero-order valence-electron chi connectivity index (χ0n) is 18.3. The molecule has 172 valence electrons. The zero-order valence-corrected chi connectivity index (χ0v) is 19.0. The molecule has 4 N–H and O–H groups in total. The standard InChI is InChI=1S/C23H27ClN8O/c24-14-5-6-19-20(9-14)27-23(29-22(19)28-21-12-16(13-33)30-31-21)26-15-10-17-3-1-4-18(11-15)32(17)8-2-7-25/h5-6,9,12,15,17-18,33H,1-4,8,10-11,13H2,(H3,26,27,28,29,30,31)/t15?,17-,18+. The number of piperidine rings is 2. The third kappa shape index (κ3) is 4.74. The number of hydrogen-bond donors (Lipinski definition) is 4. The van der Waals surface area contributed by atoms with Crippen molar-refractivity contribution in [3.8, 4) is 6.07 Å². The molecule has 3 atom stereocenters. The number of benzene rings is 1. The number of nitrogens with one attached hydrogen (secondary N) is 3. The van der Waals surface area contributed by atoms with Crippen LogP contribution in [-0.4, -0.2) is 54.8 Å². The van der Waals surface area contributed by atoms with E-state index in [0.29, 0.717) is 46.8 Å². The molecule has 0 aliphatic carbocycles. The van der Waals surface area contributed by atoms with Crippen molar-refractivity contribution in [2.45, 2.75) is 63.3 Å². The topological polar surface area (TPSA) is 126 Å². The Labute approximate surface area is 197 Å². The van der Waals surface area contributed by atoms with E-state index in [-0.39, 0.29) is 12.6 Å². The highest BCUT2D eigenvalue weighted by atomic mass is 35.5. The molecule has 2 aliphatic heterocycles. The Balaban J connectivity index is 1.39. The van der Waals surface area contributed by atoms with Gasteiger partial charge in [0.15, 0.2) is 5.82 Å². The second kappa shape index (κ2) is 9.51. The third-order valence-corrected chi connectivity index (χ3v) is 6.88. The largest absolute Gasteiger partial charge is 0.390 e. The Kier molecular flexibility index (Phi) is 6.31. The molecule has 0 saturated carbocycles. The Hall–Kier alpha value is -2.93. The van der Waals surface area contributed by atoms with Crippen molar-refractivity contribution in [1.29, 1.82) is 5.26 Å². The van der Waals surface area contributed by atoms with E-state index in [2.05, 4.69) is 31.8 Å². The summed E-state index contributed by atoms with van der Waals surface area (Å²) in [6, 6.07) is 10.8. The minimum absolute atomic E-state index is 0.114. The number of aliphatic hydroxyl groups is 1. The van der Waals surface area contributed by atoms with Gasteiger partial charge >= 0.3 is 0 Å². The third-order valence-electron chi connectivity index (χ3n) is 6.65. The second-order valence-corrected chi connectivity index (χ2v) is 9.25. The van der Waals surface area contributed by atoms with Gasteiger partial charge in [-0.1, -0.05) is 18.0 Å². The van der Waals surface area contributed by atoms with Crippen LogP contribution in [0.1, 0.15) is 44.2 Å². The molecule has 9 nitrogen and oxygen atoms in total. The minimum Gasteiger partial charge on any atom is -0.390 e. The van der Waals surface area contributed by atoms with Crippen LogP contribution in [0.5, 0.6) is 0 Å². The quantitative estimate of drug-likeness (QED) is 0.412. The predicted molar refractivity (Wildman–Crippen MR) is 127 cm³/mol. The van der Waals surface area contributed by atoms with Crippen LogP contribution in [0.15, 0.2) is 24.3 Å². The maximum Gasteiger partial charge on any atom is 0.225 e. The van der Waals surface area contributed by atoms with Crippen LogP contribution in [0.25, 0.3) is 10.9 Å². The number of nitrogens with zero attached hydrogens (tertiary/aromatic N) is 5. The van der Waals surface area contributed by atoms with E-state index in [1.807, 2.05) is 18.2 Å². The average Bonchev–Trinajstić information content (AvgIpc) is 3.25. The van der Waals surface area contributed by atoms with Crippen molar-refractivity contribution in [1.82, 2.24) is 25.1 Å². The number of rotatable bonds is 7. The summed E-state index contributed by atoms with van der Waals surface area (Å²) in [4.78, 5) is 12.0. The molecule has 0 radical (unpaired) electrons. The summed E-state index contributed by atoms with van der Waals surface area (Å²) in [5.41, 5.74) is 1.36. The lowest BCUT2D eigenvalue weighted by Crippen LogP contribution is -2.55. The molecule has 5 rings (SSSR count). The van der Waals surface area contributed by atoms with Crippen molar-refractivity contribution in [3.05, 3.63) is 35.0 Å². The Morgan fingerprint density at radius 3 is 2.76 bits per heavy atom. The predicted octanol–water partition coefficient (Wildman–Crippen LogP) is 3.95. The molecule has 1 aromatic carbocycles. The molecule has 4 heterocycles. The van der Waals surface area contributed by atoms with Crippen LogP contribution in [0.4, 0.5) is 17.6 Å². The first-order valence-electron chi connectivity index (χ1n) is 11.4. The molecular formula is C23H27ClN8O. The number of anilines is 3. The Morgan fingerprint density at radius 1 is 1.21 bits per heavy atom. The highest BCUT2D eigenvalue weighted by Crippen LogP contribution is 2.35. The molecule has 2 bridgehead atoms. The van der Waals surface area contributed by atoms with Crippen molar-refractivity contribution in [3.63, 3.8) is 0 Å². The molecule has 3 aromatic rings. The molecule has 2 aromatic heterocycles. The molecule has 33 heavy (non-hydrogen) atoms. The van der Waals surface area contributed by atoms with Gasteiger partial charge in [-0.25, -0.2) is 4.98 Å². The monoisotopic (exact) mass is 466 g/mol. The van der Waals surface area contributed by atoms with Gasteiger partial charge in [-0.05, 0) is 43.9 Å². The fraction of sp³-hybridized carbons (Fsp3) is 0.478. The van der Waals surface area contributed by atoms with Crippen molar-refractivity contribution < 1.29 is 5.11 Å². The second-order valence-electron chi connectivity index (χ2n) is 8.82. The van der Waals surface area contributed by atoms with Gasteiger partial charge in [-0.15, -0.1) is 0 Å². The van der Waals surface area contributed by atoms with E-state index >= 15 is 0 Å². The molecule has 0 spiro atoms. The number of H-pyrrole nitrogens is 1. The summed E-state index contributed by atoms with van der Waals surface area (Å²) in [5, 5.41) is 33.6. The minimum atomic E-state index is -0.114. The normalized spacial score (nSPS) is 22.8. The number of nitriles is 1. The van der Waals surface area contributed by atoms with Crippen LogP contribution in [0.2, 0.25) is 5.02 Å². The molecule has 10 heteroatoms. The number of fused-ring (bicyclic) bond motifs is 3. The number of aliphatic hydroxyl groups excluding tert-OH is 1.